The number of hydrogen-bond donors (Lipinski definition) is 4. The molecular formula is C77H72F8Ir2N6O14-4. The third-order valence-corrected chi connectivity index (χ3v) is 12.0. The van der Waals surface area contributed by atoms with Gasteiger partial charge in [-0.1, -0.05) is 130 Å². The number of carbonyl (C=O) groups is 6. The van der Waals surface area contributed by atoms with Gasteiger partial charge in [-0.3, -0.25) is 35.1 Å². The van der Waals surface area contributed by atoms with Crippen molar-refractivity contribution < 1.29 is 143 Å². The maximum Gasteiger partial charge on any atom is 0.354 e. The number of aliphatic hydroxyl groups is 1. The summed E-state index contributed by atoms with van der Waals surface area (Å²) >= 11 is 0. The van der Waals surface area contributed by atoms with E-state index in [-0.39, 0.29) is 139 Å². The van der Waals surface area contributed by atoms with Gasteiger partial charge in [0, 0.05) is 148 Å². The first-order valence-electron chi connectivity index (χ1n) is 29.5. The Balaban J connectivity index is 0. The molecule has 0 atom stereocenters. The minimum Gasteiger partial charge on any atom is -0.478 e. The molecule has 1 aliphatic rings. The molecule has 1 aliphatic heterocycles. The summed E-state index contributed by atoms with van der Waals surface area (Å²) in [5.41, 5.74) is 2.90. The average Bonchev–Trinajstić information content (AvgIpc) is 1.88. The second kappa shape index (κ2) is 53.5. The molecule has 107 heavy (non-hydrogen) atoms. The molecule has 6 aromatic heterocycles. The molecule has 2 radical (unpaired) electrons. The van der Waals surface area contributed by atoms with Crippen molar-refractivity contribution in [3.8, 4) is 45.0 Å². The molecule has 0 amide bonds. The van der Waals surface area contributed by atoms with Crippen molar-refractivity contribution in [1.29, 1.82) is 0 Å². The number of benzene rings is 4. The fourth-order valence-electron chi connectivity index (χ4n) is 7.14. The van der Waals surface area contributed by atoms with Crippen LogP contribution in [0, 0.1) is 70.8 Å². The zero-order chi connectivity index (χ0) is 74.9. The van der Waals surface area contributed by atoms with Gasteiger partial charge in [-0.2, -0.15) is 0 Å². The van der Waals surface area contributed by atoms with Gasteiger partial charge in [0.05, 0.1) is 17.7 Å². The van der Waals surface area contributed by atoms with Crippen LogP contribution in [-0.4, -0.2) is 126 Å². The number of ether oxygens (including phenoxy) is 4. The summed E-state index contributed by atoms with van der Waals surface area (Å²) < 4.78 is 122. The summed E-state index contributed by atoms with van der Waals surface area (Å²) in [6, 6.07) is 42.9. The van der Waals surface area contributed by atoms with Gasteiger partial charge >= 0.3 is 35.8 Å². The number of halogens is 8. The maximum absolute atomic E-state index is 13.2. The quantitative estimate of drug-likeness (QED) is 0.0185. The van der Waals surface area contributed by atoms with Gasteiger partial charge in [0.2, 0.25) is 0 Å². The Kier molecular flexibility index (Phi) is 48.9. The van der Waals surface area contributed by atoms with Crippen LogP contribution in [0.4, 0.5) is 35.1 Å². The minimum absolute atomic E-state index is 0. The number of esters is 3. The maximum atomic E-state index is 13.2. The Morgan fingerprint density at radius 1 is 0.430 bits per heavy atom. The van der Waals surface area contributed by atoms with Crippen LogP contribution in [0.15, 0.2) is 207 Å². The summed E-state index contributed by atoms with van der Waals surface area (Å²) in [7, 11) is 0. The fourth-order valence-corrected chi connectivity index (χ4v) is 7.14. The number of rotatable bonds is 15. The number of pyridine rings is 6. The summed E-state index contributed by atoms with van der Waals surface area (Å²) in [6.07, 6.45) is 10.9. The van der Waals surface area contributed by atoms with Crippen LogP contribution in [0.2, 0.25) is 0 Å². The van der Waals surface area contributed by atoms with Crippen molar-refractivity contribution in [3.05, 3.63) is 300 Å². The van der Waals surface area contributed by atoms with Crippen LogP contribution in [0.5, 0.6) is 0 Å². The second-order valence-electron chi connectivity index (χ2n) is 19.8. The first kappa shape index (κ1) is 97.8. The Labute approximate surface area is 639 Å². The number of carboxylic acids is 3. The molecule has 572 valence electrons. The number of aromatic nitrogens is 6. The number of hydrogen-bond acceptors (Lipinski definition) is 17. The molecule has 1 saturated heterocycles. The van der Waals surface area contributed by atoms with Gasteiger partial charge in [0.15, 0.2) is 0 Å². The van der Waals surface area contributed by atoms with Gasteiger partial charge < -0.3 is 59.3 Å². The SMILES string of the molecule is C.C.C.C1CCOC1.C=C(C)C(=O)OCCO.C=C(C)C(=O)OCCOC(=O)c1ccc(C(=O)O)nc1.Fc1c[c-]c(-c2ccccn2)c(F)c1.Fc1c[c-]c(-c2ccccn2)c(F)c1.Fc1c[c-]c(-c2ccccn2)c(F)c1.Fc1c[c-]c(-c2ccccn2)c(F)c1.O=C(O)c1ccc(C(=O)O)nc1.[Ir].[Ir]. The van der Waals surface area contributed by atoms with E-state index >= 15 is 0 Å². The number of carbonyl (C=O) groups excluding carboxylic acids is 3. The molecule has 11 rings (SSSR count). The number of carboxylic acid groups (broad SMARTS) is 3. The van der Waals surface area contributed by atoms with E-state index in [9.17, 15) is 63.9 Å². The Morgan fingerprint density at radius 3 is 0.953 bits per heavy atom. The topological polar surface area (TPSA) is 298 Å². The van der Waals surface area contributed by atoms with E-state index in [1.54, 1.807) is 105 Å². The van der Waals surface area contributed by atoms with E-state index in [0.29, 0.717) is 28.3 Å². The Morgan fingerprint density at radius 2 is 0.729 bits per heavy atom. The van der Waals surface area contributed by atoms with Gasteiger partial charge in [-0.05, 0) is 98.0 Å². The Hall–Kier alpha value is -11.3. The van der Waals surface area contributed by atoms with E-state index < -0.39 is 82.4 Å². The van der Waals surface area contributed by atoms with E-state index in [2.05, 4.69) is 72.1 Å². The summed E-state index contributed by atoms with van der Waals surface area (Å²) in [6.45, 7) is 11.5. The largest absolute Gasteiger partial charge is 0.478 e. The molecule has 4 aromatic carbocycles. The number of aliphatic hydroxyl groups excluding tert-OH is 1. The molecule has 4 N–H and O–H groups in total. The van der Waals surface area contributed by atoms with Crippen LogP contribution in [-0.2, 0) is 68.7 Å². The predicted molar refractivity (Wildman–Crippen MR) is 372 cm³/mol. The van der Waals surface area contributed by atoms with Crippen LogP contribution in [0.3, 0.4) is 0 Å². The van der Waals surface area contributed by atoms with Crippen LogP contribution >= 0.6 is 0 Å². The predicted octanol–water partition coefficient (Wildman–Crippen LogP) is 15.6. The summed E-state index contributed by atoms with van der Waals surface area (Å²) in [5, 5.41) is 33.7. The summed E-state index contributed by atoms with van der Waals surface area (Å²) in [4.78, 5) is 87.0. The van der Waals surface area contributed by atoms with Gasteiger partial charge in [-0.15, -0.1) is 48.5 Å². The van der Waals surface area contributed by atoms with Crippen molar-refractivity contribution in [3.63, 3.8) is 0 Å². The van der Waals surface area contributed by atoms with E-state index in [4.69, 9.17) is 34.6 Å². The van der Waals surface area contributed by atoms with Crippen LogP contribution in [0.25, 0.3) is 45.0 Å². The van der Waals surface area contributed by atoms with Gasteiger partial charge in [-0.25, -0.2) is 38.7 Å². The van der Waals surface area contributed by atoms with E-state index in [1.165, 1.54) is 38.0 Å². The summed E-state index contributed by atoms with van der Waals surface area (Å²) in [5.74, 6) is -10.3. The standard InChI is InChI=1S/C13H13NO6.4C11H6F2N.C7H5NO4.C6H10O3.C4H8O.3CH4.2Ir/c1-8(2)12(17)19-5-6-20-13(18)9-3-4-10(11(15)16)14-7-9;4*12-8-4-5-9(10(13)7-8)11-3-1-2-6-14-11;9-6(10)4-1-2-5(7(11)12)8-3-4;1-5(2)6(8)9-4-3-7;1-2-4-5-3-1;;;;;/h3-4,7H,1,5-6H2,2H3,(H,15,16);4*1-4,6-7H;1-3H,(H,9,10)(H,11,12);7H,1,3-4H2,2H3;1-4H2;3*1H4;;/q;4*-1;;;;;;;;. The van der Waals surface area contributed by atoms with Gasteiger partial charge in [0.1, 0.15) is 31.2 Å². The molecule has 0 bridgehead atoms. The first-order chi connectivity index (χ1) is 48.8. The molecule has 7 heterocycles. The monoisotopic (exact) mass is 1840 g/mol. The molecule has 0 unspecified atom stereocenters. The fraction of sp³-hybridized carbons (Fsp3) is 0.169. The normalized spacial score (nSPS) is 10.0. The molecular weight excluding hydrogens is 1770 g/mol. The average molecular weight is 1840 g/mol. The van der Waals surface area contributed by atoms with Crippen molar-refractivity contribution in [2.45, 2.75) is 49.0 Å². The van der Waals surface area contributed by atoms with E-state index in [1.807, 2.05) is 0 Å². The Bertz CT molecular complexity index is 3970. The zero-order valence-corrected chi connectivity index (χ0v) is 59.4. The molecule has 20 nitrogen and oxygen atoms in total. The van der Waals surface area contributed by atoms with Crippen LogP contribution < -0.4 is 0 Å². The molecule has 0 saturated carbocycles. The number of nitrogens with zero attached hydrogens (tertiary/aromatic N) is 6. The van der Waals surface area contributed by atoms with E-state index in [0.717, 1.165) is 80.2 Å². The smallest absolute Gasteiger partial charge is 0.354 e. The molecule has 0 aliphatic carbocycles. The van der Waals surface area contributed by atoms with Crippen LogP contribution in [0.1, 0.15) is 90.7 Å². The van der Waals surface area contributed by atoms with Crippen molar-refractivity contribution in [2.75, 3.05) is 39.6 Å². The van der Waals surface area contributed by atoms with Crippen molar-refractivity contribution in [1.82, 2.24) is 29.9 Å². The molecule has 0 spiro atoms. The first-order valence-corrected chi connectivity index (χ1v) is 29.5. The van der Waals surface area contributed by atoms with Crippen molar-refractivity contribution >= 4 is 35.8 Å². The number of aromatic carboxylic acids is 3. The minimum atomic E-state index is -1.18. The second-order valence-corrected chi connectivity index (χ2v) is 19.8. The van der Waals surface area contributed by atoms with Crippen molar-refractivity contribution in [2.24, 2.45) is 0 Å². The zero-order valence-electron chi connectivity index (χ0n) is 54.6. The third-order valence-electron chi connectivity index (χ3n) is 12.0. The molecule has 30 heteroatoms. The van der Waals surface area contributed by atoms with Gasteiger partial charge in [0.25, 0.3) is 0 Å². The molecule has 1 fully saturated rings. The molecule has 10 aromatic rings. The third kappa shape index (κ3) is 36.8.